The van der Waals surface area contributed by atoms with E-state index in [2.05, 4.69) is 20.3 Å². The maximum atomic E-state index is 15.4. The van der Waals surface area contributed by atoms with Gasteiger partial charge in [-0.15, -0.1) is 0 Å². The Morgan fingerprint density at radius 2 is 1.84 bits per heavy atom. The number of ether oxygens (including phenoxy) is 1. The molecule has 37 heavy (non-hydrogen) atoms. The lowest BCUT2D eigenvalue weighted by molar-refractivity contribution is 0.0219. The molecular formula is C25H19F4N5O3. The molecule has 0 fully saturated rings. The molecule has 0 saturated heterocycles. The maximum Gasteiger partial charge on any atom is 0.361 e. The van der Waals surface area contributed by atoms with Gasteiger partial charge in [0.15, 0.2) is 23.2 Å². The number of imidazole rings is 2. The zero-order valence-corrected chi connectivity index (χ0v) is 19.2. The first-order chi connectivity index (χ1) is 17.6. The van der Waals surface area contributed by atoms with E-state index in [1.165, 1.54) is 49.5 Å². The van der Waals surface area contributed by atoms with Crippen LogP contribution in [0.25, 0.3) is 22.1 Å². The first-order valence-corrected chi connectivity index (χ1v) is 11.0. The Labute approximate surface area is 206 Å². The summed E-state index contributed by atoms with van der Waals surface area (Å²) in [6, 6.07) is 11.6. The van der Waals surface area contributed by atoms with E-state index in [1.54, 1.807) is 0 Å². The van der Waals surface area contributed by atoms with E-state index in [0.29, 0.717) is 5.75 Å². The SMILES string of the molecule is Cn1c(C(F)(F)c2nc3cc(O)c(F)cc3[nH]2)nc2ccc(C(=O)NCCOc3ccc(F)cc3)cc21. The van der Waals surface area contributed by atoms with Crippen molar-refractivity contribution in [3.05, 3.63) is 83.4 Å². The van der Waals surface area contributed by atoms with Gasteiger partial charge in [0.05, 0.1) is 28.6 Å². The van der Waals surface area contributed by atoms with Crippen LogP contribution in [0.4, 0.5) is 17.6 Å². The van der Waals surface area contributed by atoms with Crippen LogP contribution in [0.1, 0.15) is 22.0 Å². The van der Waals surface area contributed by atoms with Crippen LogP contribution >= 0.6 is 0 Å². The Bertz CT molecular complexity index is 1590. The highest BCUT2D eigenvalue weighted by Gasteiger charge is 2.42. The summed E-state index contributed by atoms with van der Waals surface area (Å²) >= 11 is 0. The highest BCUT2D eigenvalue weighted by molar-refractivity contribution is 5.97. The number of hydrogen-bond donors (Lipinski definition) is 3. The van der Waals surface area contributed by atoms with Crippen molar-refractivity contribution < 1.29 is 32.2 Å². The first-order valence-electron chi connectivity index (χ1n) is 11.0. The molecule has 2 heterocycles. The van der Waals surface area contributed by atoms with Gasteiger partial charge in [-0.25, -0.2) is 18.7 Å². The molecule has 8 nitrogen and oxygen atoms in total. The Morgan fingerprint density at radius 3 is 2.59 bits per heavy atom. The van der Waals surface area contributed by atoms with Gasteiger partial charge in [-0.1, -0.05) is 0 Å². The van der Waals surface area contributed by atoms with Crippen molar-refractivity contribution in [1.29, 1.82) is 0 Å². The Morgan fingerprint density at radius 1 is 1.08 bits per heavy atom. The standard InChI is InChI=1S/C25H19F4N5O3/c1-34-20-10-13(22(36)30-8-9-37-15-5-3-14(26)4-6-15)2-7-17(20)33-24(34)25(28,29)23-31-18-11-16(27)21(35)12-19(18)32-23/h2-7,10-12,35H,8-9H2,1H3,(H,30,36)(H,31,32). The zero-order chi connectivity index (χ0) is 26.3. The molecular weight excluding hydrogens is 494 g/mol. The number of phenolic OH excluding ortho intramolecular Hbond substituents is 1. The normalized spacial score (nSPS) is 11.8. The summed E-state index contributed by atoms with van der Waals surface area (Å²) in [7, 11) is 1.38. The van der Waals surface area contributed by atoms with Crippen LogP contribution in [0.3, 0.4) is 0 Å². The number of halogens is 4. The number of H-pyrrole nitrogens is 1. The van der Waals surface area contributed by atoms with E-state index in [4.69, 9.17) is 4.74 Å². The van der Waals surface area contributed by atoms with Gasteiger partial charge in [0.1, 0.15) is 18.2 Å². The summed E-state index contributed by atoms with van der Waals surface area (Å²) < 4.78 is 64.0. The van der Waals surface area contributed by atoms with Crippen molar-refractivity contribution in [3.63, 3.8) is 0 Å². The minimum absolute atomic E-state index is 0.00824. The van der Waals surface area contributed by atoms with Crippen LogP contribution in [-0.2, 0) is 13.0 Å². The second-order valence-corrected chi connectivity index (χ2v) is 8.24. The fourth-order valence-corrected chi connectivity index (χ4v) is 3.85. The molecule has 0 spiro atoms. The average Bonchev–Trinajstić information content (AvgIpc) is 3.44. The van der Waals surface area contributed by atoms with Gasteiger partial charge in [0.2, 0.25) is 0 Å². The molecule has 0 atom stereocenters. The summed E-state index contributed by atoms with van der Waals surface area (Å²) in [5.41, 5.74) is 0.695. The van der Waals surface area contributed by atoms with Gasteiger partial charge in [-0.3, -0.25) is 4.79 Å². The zero-order valence-electron chi connectivity index (χ0n) is 19.2. The van der Waals surface area contributed by atoms with Crippen molar-refractivity contribution in [3.8, 4) is 11.5 Å². The molecule has 0 aliphatic heterocycles. The molecule has 0 bridgehead atoms. The number of rotatable bonds is 7. The van der Waals surface area contributed by atoms with Gasteiger partial charge < -0.3 is 24.7 Å². The molecule has 0 unspecified atom stereocenters. The third-order valence-corrected chi connectivity index (χ3v) is 5.74. The van der Waals surface area contributed by atoms with Crippen molar-refractivity contribution in [1.82, 2.24) is 24.8 Å². The molecule has 3 N–H and O–H groups in total. The molecule has 0 aliphatic carbocycles. The van der Waals surface area contributed by atoms with Crippen LogP contribution in [0.5, 0.6) is 11.5 Å². The molecule has 12 heteroatoms. The lowest BCUT2D eigenvalue weighted by atomic mass is 10.2. The molecule has 0 saturated carbocycles. The number of carbonyl (C=O) groups is 1. The third kappa shape index (κ3) is 4.53. The van der Waals surface area contributed by atoms with Crippen molar-refractivity contribution in [2.45, 2.75) is 5.92 Å². The predicted molar refractivity (Wildman–Crippen MR) is 126 cm³/mol. The molecule has 1 amide bonds. The fourth-order valence-electron chi connectivity index (χ4n) is 3.85. The summed E-state index contributed by atoms with van der Waals surface area (Å²) in [4.78, 5) is 22.8. The fraction of sp³-hybridized carbons (Fsp3) is 0.160. The molecule has 5 rings (SSSR count). The smallest absolute Gasteiger partial charge is 0.361 e. The van der Waals surface area contributed by atoms with E-state index < -0.39 is 35.0 Å². The summed E-state index contributed by atoms with van der Waals surface area (Å²) in [5, 5.41) is 12.2. The quantitative estimate of drug-likeness (QED) is 0.221. The summed E-state index contributed by atoms with van der Waals surface area (Å²) in [6.07, 6.45) is 0. The number of phenols is 1. The van der Waals surface area contributed by atoms with E-state index in [9.17, 15) is 18.7 Å². The molecule has 5 aromatic rings. The minimum atomic E-state index is -3.70. The van der Waals surface area contributed by atoms with E-state index >= 15 is 8.78 Å². The summed E-state index contributed by atoms with van der Waals surface area (Å²) in [6.45, 7) is 0.298. The number of fused-ring (bicyclic) bond motifs is 2. The van der Waals surface area contributed by atoms with Gasteiger partial charge in [-0.05, 0) is 42.5 Å². The lowest BCUT2D eigenvalue weighted by Gasteiger charge is -2.13. The van der Waals surface area contributed by atoms with Crippen LogP contribution < -0.4 is 10.1 Å². The van der Waals surface area contributed by atoms with Crippen molar-refractivity contribution in [2.75, 3.05) is 13.2 Å². The Balaban J connectivity index is 1.34. The number of carbonyl (C=O) groups excluding carboxylic acids is 1. The monoisotopic (exact) mass is 513 g/mol. The number of nitrogens with one attached hydrogen (secondary N) is 2. The largest absolute Gasteiger partial charge is 0.505 e. The molecule has 2 aromatic heterocycles. The van der Waals surface area contributed by atoms with Gasteiger partial charge in [-0.2, -0.15) is 8.78 Å². The summed E-state index contributed by atoms with van der Waals surface area (Å²) in [5.74, 6) is -7.17. The number of aromatic amines is 1. The number of hydrogen-bond acceptors (Lipinski definition) is 5. The maximum absolute atomic E-state index is 15.4. The number of aryl methyl sites for hydroxylation is 1. The van der Waals surface area contributed by atoms with Crippen LogP contribution in [-0.4, -0.2) is 43.7 Å². The van der Waals surface area contributed by atoms with E-state index in [1.807, 2.05) is 0 Å². The number of aromatic nitrogens is 4. The second kappa shape index (κ2) is 9.12. The topological polar surface area (TPSA) is 105 Å². The highest BCUT2D eigenvalue weighted by Crippen LogP contribution is 2.36. The number of amides is 1. The molecule has 3 aromatic carbocycles. The van der Waals surface area contributed by atoms with E-state index in [0.717, 1.165) is 16.7 Å². The van der Waals surface area contributed by atoms with Crippen LogP contribution in [0, 0.1) is 11.6 Å². The van der Waals surface area contributed by atoms with Crippen molar-refractivity contribution >= 4 is 28.0 Å². The number of aromatic hydroxyl groups is 1. The average molecular weight is 513 g/mol. The highest BCUT2D eigenvalue weighted by atomic mass is 19.3. The number of alkyl halides is 2. The van der Waals surface area contributed by atoms with Gasteiger partial charge in [0, 0.05) is 24.7 Å². The first kappa shape index (κ1) is 24.1. The van der Waals surface area contributed by atoms with Crippen LogP contribution in [0.15, 0.2) is 54.6 Å². The molecule has 190 valence electrons. The third-order valence-electron chi connectivity index (χ3n) is 5.74. The molecule has 0 aliphatic rings. The number of benzene rings is 3. The van der Waals surface area contributed by atoms with Gasteiger partial charge in [0.25, 0.3) is 5.91 Å². The predicted octanol–water partition coefficient (Wildman–Crippen LogP) is 4.38. The van der Waals surface area contributed by atoms with Crippen LogP contribution in [0.2, 0.25) is 0 Å². The number of nitrogens with zero attached hydrogens (tertiary/aromatic N) is 3. The second-order valence-electron chi connectivity index (χ2n) is 8.24. The lowest BCUT2D eigenvalue weighted by Crippen LogP contribution is -2.28. The minimum Gasteiger partial charge on any atom is -0.505 e. The van der Waals surface area contributed by atoms with Crippen molar-refractivity contribution in [2.24, 2.45) is 7.05 Å². The Kier molecular flexibility index (Phi) is 5.94. The van der Waals surface area contributed by atoms with Gasteiger partial charge >= 0.3 is 5.92 Å². The van der Waals surface area contributed by atoms with E-state index in [-0.39, 0.29) is 46.6 Å². The molecule has 0 radical (unpaired) electrons. The Hall–Kier alpha value is -4.61.